The highest BCUT2D eigenvalue weighted by Crippen LogP contribution is 2.36. The lowest BCUT2D eigenvalue weighted by Crippen LogP contribution is -2.31. The quantitative estimate of drug-likeness (QED) is 0.499. The highest BCUT2D eigenvalue weighted by atomic mass is 32.1. The van der Waals surface area contributed by atoms with Gasteiger partial charge in [0.1, 0.15) is 0 Å². The molecule has 0 aromatic rings. The summed E-state index contributed by atoms with van der Waals surface area (Å²) in [6.45, 7) is 0.0833. The van der Waals surface area contributed by atoms with E-state index in [0.717, 1.165) is 0 Å². The number of hydrogen-bond acceptors (Lipinski definition) is 0. The van der Waals surface area contributed by atoms with Crippen molar-refractivity contribution in [3.63, 3.8) is 0 Å². The molecule has 1 radical (unpaired) electrons. The van der Waals surface area contributed by atoms with Crippen LogP contribution >= 0.6 is 12.6 Å². The van der Waals surface area contributed by atoms with Crippen LogP contribution in [0, 0.1) is 0 Å². The van der Waals surface area contributed by atoms with Gasteiger partial charge in [0.15, 0.2) is 0 Å². The standard InChI is InChI=1S/C3H3F4S/c1-2(4,5)3(6,7)8/h1H3. The number of hydrogen-bond donors (Lipinski definition) is 0. The number of rotatable bonds is 1. The van der Waals surface area contributed by atoms with Gasteiger partial charge in [0.2, 0.25) is 0 Å². The van der Waals surface area contributed by atoms with E-state index >= 15 is 0 Å². The minimum Gasteiger partial charge on any atom is -0.199 e. The molecule has 0 aliphatic carbocycles. The molecule has 0 nitrogen and oxygen atoms in total. The zero-order valence-electron chi connectivity index (χ0n) is 3.92. The van der Waals surface area contributed by atoms with Crippen LogP contribution in [0.3, 0.4) is 0 Å². The predicted molar refractivity (Wildman–Crippen MR) is 23.2 cm³/mol. The van der Waals surface area contributed by atoms with Gasteiger partial charge in [-0.1, -0.05) is 0 Å². The van der Waals surface area contributed by atoms with E-state index < -0.39 is 11.2 Å². The summed E-state index contributed by atoms with van der Waals surface area (Å²) >= 11 is 3.14. The van der Waals surface area contributed by atoms with Crippen molar-refractivity contribution in [1.29, 1.82) is 0 Å². The minimum absolute atomic E-state index is 0.0833. The van der Waals surface area contributed by atoms with Gasteiger partial charge in [-0.3, -0.25) is 0 Å². The Morgan fingerprint density at radius 2 is 1.25 bits per heavy atom. The van der Waals surface area contributed by atoms with Crippen LogP contribution in [-0.4, -0.2) is 11.2 Å². The van der Waals surface area contributed by atoms with Gasteiger partial charge in [-0.25, -0.2) is 0 Å². The lowest BCUT2D eigenvalue weighted by atomic mass is 10.4. The van der Waals surface area contributed by atoms with Crippen molar-refractivity contribution < 1.29 is 17.6 Å². The molecule has 0 atom stereocenters. The molecule has 0 N–H and O–H groups in total. The van der Waals surface area contributed by atoms with Crippen molar-refractivity contribution in [3.8, 4) is 0 Å². The van der Waals surface area contributed by atoms with Gasteiger partial charge in [-0.05, 0) is 12.6 Å². The van der Waals surface area contributed by atoms with Crippen LogP contribution < -0.4 is 0 Å². The summed E-state index contributed by atoms with van der Waals surface area (Å²) < 4.78 is 45.3. The Labute approximate surface area is 49.3 Å². The van der Waals surface area contributed by atoms with E-state index in [-0.39, 0.29) is 6.92 Å². The maximum atomic E-state index is 11.4. The molecule has 49 valence electrons. The second kappa shape index (κ2) is 1.79. The molecule has 0 fully saturated rings. The average Bonchev–Trinajstić information content (AvgIpc) is 1.25. The van der Waals surface area contributed by atoms with E-state index in [1.807, 2.05) is 0 Å². The first kappa shape index (κ1) is 8.07. The fraction of sp³-hybridized carbons (Fsp3) is 1.00. The molecule has 0 saturated heterocycles. The lowest BCUT2D eigenvalue weighted by molar-refractivity contribution is -0.136. The van der Waals surface area contributed by atoms with Crippen LogP contribution in [0.2, 0.25) is 0 Å². The molecule has 0 aliphatic heterocycles. The van der Waals surface area contributed by atoms with E-state index in [2.05, 4.69) is 12.6 Å². The highest BCUT2D eigenvalue weighted by molar-refractivity contribution is 7.81. The molecular formula is C3H3F4S. The topological polar surface area (TPSA) is 0 Å². The minimum atomic E-state index is -4.31. The first-order chi connectivity index (χ1) is 3.25. The van der Waals surface area contributed by atoms with Crippen molar-refractivity contribution in [2.45, 2.75) is 18.1 Å². The second-order valence-electron chi connectivity index (χ2n) is 1.41. The van der Waals surface area contributed by atoms with Gasteiger partial charge in [0.05, 0.1) is 0 Å². The van der Waals surface area contributed by atoms with Gasteiger partial charge in [-0.15, -0.1) is 0 Å². The molecule has 0 aromatic carbocycles. The lowest BCUT2D eigenvalue weighted by Gasteiger charge is -2.15. The third-order valence-electron chi connectivity index (χ3n) is 0.511. The van der Waals surface area contributed by atoms with E-state index in [1.54, 1.807) is 0 Å². The van der Waals surface area contributed by atoms with E-state index in [9.17, 15) is 17.6 Å². The summed E-state index contributed by atoms with van der Waals surface area (Å²) in [5.41, 5.74) is 0. The molecule has 0 heterocycles. The van der Waals surface area contributed by atoms with Gasteiger partial charge >= 0.3 is 11.2 Å². The summed E-state index contributed by atoms with van der Waals surface area (Å²) in [5, 5.41) is -4.31. The van der Waals surface area contributed by atoms with Gasteiger partial charge in [0.25, 0.3) is 0 Å². The largest absolute Gasteiger partial charge is 0.365 e. The van der Waals surface area contributed by atoms with Crippen molar-refractivity contribution in [1.82, 2.24) is 0 Å². The van der Waals surface area contributed by atoms with Crippen LogP contribution in [0.4, 0.5) is 17.6 Å². The molecule has 0 rings (SSSR count). The highest BCUT2D eigenvalue weighted by Gasteiger charge is 2.49. The Hall–Kier alpha value is 0.0700. The van der Waals surface area contributed by atoms with Crippen molar-refractivity contribution in [3.05, 3.63) is 0 Å². The van der Waals surface area contributed by atoms with E-state index in [1.165, 1.54) is 0 Å². The summed E-state index contributed by atoms with van der Waals surface area (Å²) in [5.74, 6) is -4.08. The monoisotopic (exact) mass is 147 g/mol. The molecule has 0 aromatic heterocycles. The Morgan fingerprint density at radius 1 is 1.12 bits per heavy atom. The Bertz CT molecular complexity index is 66.3. The van der Waals surface area contributed by atoms with Crippen molar-refractivity contribution in [2.24, 2.45) is 0 Å². The van der Waals surface area contributed by atoms with Crippen molar-refractivity contribution in [2.75, 3.05) is 0 Å². The van der Waals surface area contributed by atoms with E-state index in [4.69, 9.17) is 0 Å². The number of alkyl halides is 4. The SMILES string of the molecule is CC(F)(F)C(F)(F)[S]. The average molecular weight is 147 g/mol. The molecule has 0 saturated carbocycles. The summed E-state index contributed by atoms with van der Waals surface area (Å²) in [7, 11) is 0. The normalized spacial score (nSPS) is 14.2. The van der Waals surface area contributed by atoms with Crippen LogP contribution in [-0.2, 0) is 0 Å². The fourth-order valence-electron chi connectivity index (χ4n) is 0. The fourth-order valence-corrected chi connectivity index (χ4v) is 0. The molecule has 0 amide bonds. The third kappa shape index (κ3) is 1.90. The first-order valence-corrected chi connectivity index (χ1v) is 2.12. The van der Waals surface area contributed by atoms with Crippen LogP contribution in [0.5, 0.6) is 0 Å². The molecular weight excluding hydrogens is 144 g/mol. The molecule has 8 heavy (non-hydrogen) atoms. The van der Waals surface area contributed by atoms with E-state index in [0.29, 0.717) is 0 Å². The third-order valence-corrected chi connectivity index (χ3v) is 0.869. The van der Waals surface area contributed by atoms with Crippen LogP contribution in [0.1, 0.15) is 6.92 Å². The summed E-state index contributed by atoms with van der Waals surface area (Å²) in [6.07, 6.45) is 0. The van der Waals surface area contributed by atoms with Crippen LogP contribution in [0.15, 0.2) is 0 Å². The molecule has 5 heteroatoms. The number of halogens is 4. The molecule has 0 bridgehead atoms. The predicted octanol–water partition coefficient (Wildman–Crippen LogP) is 2.43. The van der Waals surface area contributed by atoms with Gasteiger partial charge in [0, 0.05) is 6.92 Å². The van der Waals surface area contributed by atoms with Gasteiger partial charge < -0.3 is 0 Å². The smallest absolute Gasteiger partial charge is 0.199 e. The second-order valence-corrected chi connectivity index (χ2v) is 1.92. The Morgan fingerprint density at radius 3 is 1.25 bits per heavy atom. The maximum absolute atomic E-state index is 11.4. The Kier molecular flexibility index (Phi) is 1.80. The molecule has 0 aliphatic rings. The molecule has 0 spiro atoms. The molecule has 0 unspecified atom stereocenters. The van der Waals surface area contributed by atoms with Crippen LogP contribution in [0.25, 0.3) is 0 Å². The summed E-state index contributed by atoms with van der Waals surface area (Å²) in [6, 6.07) is 0. The Balaban J connectivity index is 4.02. The first-order valence-electron chi connectivity index (χ1n) is 1.71. The zero-order chi connectivity index (χ0) is 7.00. The van der Waals surface area contributed by atoms with Crippen molar-refractivity contribution >= 4 is 12.6 Å². The summed E-state index contributed by atoms with van der Waals surface area (Å²) in [4.78, 5) is 0. The zero-order valence-corrected chi connectivity index (χ0v) is 4.74. The van der Waals surface area contributed by atoms with Gasteiger partial charge in [-0.2, -0.15) is 17.6 Å². The maximum Gasteiger partial charge on any atom is 0.365 e.